The van der Waals surface area contributed by atoms with Gasteiger partial charge in [-0.15, -0.1) is 0 Å². The van der Waals surface area contributed by atoms with Crippen LogP contribution < -0.4 is 0 Å². The average Bonchev–Trinajstić information content (AvgIpc) is 2.66. The van der Waals surface area contributed by atoms with Crippen LogP contribution in [0.5, 0.6) is 5.75 Å². The highest BCUT2D eigenvalue weighted by molar-refractivity contribution is 5.91. The number of Topliss-reactive ketones (excluding diaryl/α,β-unsaturated/α-hetero) is 1. The van der Waals surface area contributed by atoms with Gasteiger partial charge in [-0.1, -0.05) is 17.3 Å². The summed E-state index contributed by atoms with van der Waals surface area (Å²) in [5.74, 6) is 0.700. The first kappa shape index (κ1) is 10.4. The van der Waals surface area contributed by atoms with Crippen LogP contribution in [-0.4, -0.2) is 16.0 Å². The highest BCUT2D eigenvalue weighted by Crippen LogP contribution is 2.15. The third-order valence-electron chi connectivity index (χ3n) is 2.21. The number of phenolic OH excluding ortho intramolecular Hbond substituents is 1. The van der Waals surface area contributed by atoms with Crippen LogP contribution in [0.25, 0.3) is 0 Å². The Morgan fingerprint density at radius 2 is 2.25 bits per heavy atom. The number of carbonyl (C=O) groups excluding carboxylic acids is 1. The van der Waals surface area contributed by atoms with Crippen LogP contribution in [-0.2, 0) is 6.42 Å². The summed E-state index contributed by atoms with van der Waals surface area (Å²) < 4.78 is 5.02. The summed E-state index contributed by atoms with van der Waals surface area (Å²) in [6.07, 6.45) is 0.509. The summed E-state index contributed by atoms with van der Waals surface area (Å²) >= 11 is 0. The minimum absolute atomic E-state index is 0.120. The molecule has 1 N–H and O–H groups in total. The molecule has 0 aliphatic carbocycles. The van der Waals surface area contributed by atoms with Gasteiger partial charge < -0.3 is 9.63 Å². The number of hydrogen-bond donors (Lipinski definition) is 1. The first-order valence-electron chi connectivity index (χ1n) is 4.89. The number of carbonyl (C=O) groups is 1. The zero-order valence-electron chi connectivity index (χ0n) is 8.80. The van der Waals surface area contributed by atoms with Crippen molar-refractivity contribution in [1.82, 2.24) is 5.16 Å². The van der Waals surface area contributed by atoms with E-state index in [1.165, 1.54) is 6.92 Å². The van der Waals surface area contributed by atoms with Gasteiger partial charge in [0.15, 0.2) is 5.78 Å². The number of rotatable bonds is 3. The van der Waals surface area contributed by atoms with E-state index in [9.17, 15) is 9.90 Å². The number of ketones is 1. The molecule has 0 fully saturated rings. The van der Waals surface area contributed by atoms with E-state index in [1.54, 1.807) is 24.3 Å². The normalized spacial score (nSPS) is 10.3. The van der Waals surface area contributed by atoms with E-state index in [2.05, 4.69) is 5.16 Å². The molecule has 0 aliphatic rings. The van der Waals surface area contributed by atoms with Crippen molar-refractivity contribution in [1.29, 1.82) is 0 Å². The van der Waals surface area contributed by atoms with Crippen LogP contribution in [0.3, 0.4) is 0 Å². The standard InChI is InChI=1S/C12H11NO3/c1-8(14)12-7-11(16-13-12)6-9-3-2-4-10(15)5-9/h2-5,7,15H,6H2,1H3. The molecule has 4 nitrogen and oxygen atoms in total. The Morgan fingerprint density at radius 1 is 1.44 bits per heavy atom. The fourth-order valence-corrected chi connectivity index (χ4v) is 1.43. The fourth-order valence-electron chi connectivity index (χ4n) is 1.43. The van der Waals surface area contributed by atoms with Gasteiger partial charge in [-0.25, -0.2) is 0 Å². The van der Waals surface area contributed by atoms with Gasteiger partial charge in [-0.05, 0) is 17.7 Å². The molecule has 0 atom stereocenters. The van der Waals surface area contributed by atoms with Crippen molar-refractivity contribution in [3.05, 3.63) is 47.3 Å². The molecule has 2 rings (SSSR count). The molecular formula is C12H11NO3. The Balaban J connectivity index is 2.17. The van der Waals surface area contributed by atoms with Crippen molar-refractivity contribution in [2.75, 3.05) is 0 Å². The number of aromatic hydroxyl groups is 1. The largest absolute Gasteiger partial charge is 0.508 e. The third kappa shape index (κ3) is 2.28. The Morgan fingerprint density at radius 3 is 2.88 bits per heavy atom. The molecule has 16 heavy (non-hydrogen) atoms. The van der Waals surface area contributed by atoms with Crippen LogP contribution >= 0.6 is 0 Å². The van der Waals surface area contributed by atoms with E-state index in [4.69, 9.17) is 4.52 Å². The maximum Gasteiger partial charge on any atom is 0.181 e. The molecule has 0 radical (unpaired) electrons. The molecule has 0 spiro atoms. The minimum Gasteiger partial charge on any atom is -0.508 e. The summed E-state index contributed by atoms with van der Waals surface area (Å²) in [5.41, 5.74) is 1.24. The lowest BCUT2D eigenvalue weighted by Gasteiger charge is -1.97. The molecule has 0 amide bonds. The SMILES string of the molecule is CC(=O)c1cc(Cc2cccc(O)c2)on1. The Labute approximate surface area is 92.5 Å². The fraction of sp³-hybridized carbons (Fsp3) is 0.167. The maximum atomic E-state index is 11.0. The Hall–Kier alpha value is -2.10. The van der Waals surface area contributed by atoms with Gasteiger partial charge in [0.25, 0.3) is 0 Å². The summed E-state index contributed by atoms with van der Waals surface area (Å²) in [6, 6.07) is 8.50. The molecule has 1 aromatic carbocycles. The van der Waals surface area contributed by atoms with Crippen molar-refractivity contribution < 1.29 is 14.4 Å². The van der Waals surface area contributed by atoms with Gasteiger partial charge in [0.05, 0.1) is 0 Å². The summed E-state index contributed by atoms with van der Waals surface area (Å²) in [7, 11) is 0. The lowest BCUT2D eigenvalue weighted by atomic mass is 10.1. The first-order chi connectivity index (χ1) is 7.65. The number of nitrogens with zero attached hydrogens (tertiary/aromatic N) is 1. The molecule has 0 saturated heterocycles. The van der Waals surface area contributed by atoms with Crippen LogP contribution in [0.2, 0.25) is 0 Å². The lowest BCUT2D eigenvalue weighted by molar-refractivity contribution is 0.100. The van der Waals surface area contributed by atoms with Gasteiger partial charge in [-0.3, -0.25) is 4.79 Å². The molecule has 1 aromatic heterocycles. The van der Waals surface area contributed by atoms with Crippen molar-refractivity contribution in [2.24, 2.45) is 0 Å². The number of hydrogen-bond acceptors (Lipinski definition) is 4. The minimum atomic E-state index is -0.120. The summed E-state index contributed by atoms with van der Waals surface area (Å²) in [5, 5.41) is 12.9. The van der Waals surface area contributed by atoms with E-state index < -0.39 is 0 Å². The van der Waals surface area contributed by atoms with Gasteiger partial charge >= 0.3 is 0 Å². The average molecular weight is 217 g/mol. The second-order valence-corrected chi connectivity index (χ2v) is 3.58. The smallest absolute Gasteiger partial charge is 0.181 e. The number of phenols is 1. The van der Waals surface area contributed by atoms with Crippen molar-refractivity contribution in [3.8, 4) is 5.75 Å². The monoisotopic (exact) mass is 217 g/mol. The zero-order valence-corrected chi connectivity index (χ0v) is 8.80. The van der Waals surface area contributed by atoms with E-state index >= 15 is 0 Å². The third-order valence-corrected chi connectivity index (χ3v) is 2.21. The van der Waals surface area contributed by atoms with Gasteiger partial charge in [0.1, 0.15) is 17.2 Å². The van der Waals surface area contributed by atoms with E-state index in [1.807, 2.05) is 6.07 Å². The van der Waals surface area contributed by atoms with Gasteiger partial charge in [0, 0.05) is 19.4 Å². The van der Waals surface area contributed by atoms with Gasteiger partial charge in [0.2, 0.25) is 0 Å². The maximum absolute atomic E-state index is 11.0. The molecule has 0 unspecified atom stereocenters. The second-order valence-electron chi connectivity index (χ2n) is 3.58. The highest BCUT2D eigenvalue weighted by Gasteiger charge is 2.08. The van der Waals surface area contributed by atoms with Crippen LogP contribution in [0.1, 0.15) is 28.7 Å². The van der Waals surface area contributed by atoms with Crippen LogP contribution in [0.4, 0.5) is 0 Å². The van der Waals surface area contributed by atoms with E-state index in [-0.39, 0.29) is 11.5 Å². The molecular weight excluding hydrogens is 206 g/mol. The predicted molar refractivity (Wildman–Crippen MR) is 57.4 cm³/mol. The molecule has 0 aliphatic heterocycles. The van der Waals surface area contributed by atoms with E-state index in [0.29, 0.717) is 17.9 Å². The number of benzene rings is 1. The second kappa shape index (κ2) is 4.18. The summed E-state index contributed by atoms with van der Waals surface area (Å²) in [6.45, 7) is 1.44. The van der Waals surface area contributed by atoms with E-state index in [0.717, 1.165) is 5.56 Å². The van der Waals surface area contributed by atoms with Crippen molar-refractivity contribution in [3.63, 3.8) is 0 Å². The topological polar surface area (TPSA) is 63.3 Å². The van der Waals surface area contributed by atoms with Crippen molar-refractivity contribution in [2.45, 2.75) is 13.3 Å². The van der Waals surface area contributed by atoms with Crippen molar-refractivity contribution >= 4 is 5.78 Å². The number of aromatic nitrogens is 1. The Kier molecular flexibility index (Phi) is 2.72. The Bertz CT molecular complexity index is 516. The zero-order chi connectivity index (χ0) is 11.5. The molecule has 1 heterocycles. The molecule has 4 heteroatoms. The predicted octanol–water partition coefficient (Wildman–Crippen LogP) is 2.17. The molecule has 2 aromatic rings. The van der Waals surface area contributed by atoms with Crippen LogP contribution in [0, 0.1) is 0 Å². The summed E-state index contributed by atoms with van der Waals surface area (Å²) in [4.78, 5) is 11.0. The highest BCUT2D eigenvalue weighted by atomic mass is 16.5. The molecule has 0 bridgehead atoms. The quantitative estimate of drug-likeness (QED) is 0.800. The molecule has 82 valence electrons. The molecule has 0 saturated carbocycles. The van der Waals surface area contributed by atoms with Crippen LogP contribution in [0.15, 0.2) is 34.9 Å². The first-order valence-corrected chi connectivity index (χ1v) is 4.89. The van der Waals surface area contributed by atoms with Gasteiger partial charge in [-0.2, -0.15) is 0 Å². The lowest BCUT2D eigenvalue weighted by Crippen LogP contribution is -1.90.